The molecule has 30 heavy (non-hydrogen) atoms. The predicted octanol–water partition coefficient (Wildman–Crippen LogP) is 3.67. The lowest BCUT2D eigenvalue weighted by Crippen LogP contribution is -2.12. The Labute approximate surface area is 171 Å². The molecule has 154 valence electrons. The van der Waals surface area contributed by atoms with Gasteiger partial charge >= 0.3 is 0 Å². The second-order valence-corrected chi connectivity index (χ2v) is 7.64. The summed E-state index contributed by atoms with van der Waals surface area (Å²) in [5, 5.41) is 5.48. The molecule has 4 heterocycles. The Morgan fingerprint density at radius 2 is 2.10 bits per heavy atom. The van der Waals surface area contributed by atoms with Gasteiger partial charge < -0.3 is 14.5 Å². The Morgan fingerprint density at radius 1 is 1.27 bits per heavy atom. The third-order valence-electron chi connectivity index (χ3n) is 5.75. The first-order chi connectivity index (χ1) is 14.5. The SMILES string of the molecule is COc1cc(C)c(-c2cc3[nH]c(=O)c4cnn(C5CCOC5)c4c3cc2F)c(C)n1. The van der Waals surface area contributed by atoms with Crippen molar-refractivity contribution >= 4 is 21.8 Å². The van der Waals surface area contributed by atoms with E-state index in [9.17, 15) is 4.79 Å². The molecule has 0 radical (unpaired) electrons. The molecule has 7 nitrogen and oxygen atoms in total. The standard InChI is InChI=1S/C22H21FN4O3/c1-11-6-19(29-3)25-12(2)20(11)14-8-18-15(7-17(14)23)21-16(22(28)26-18)9-24-27(21)13-4-5-30-10-13/h6-9,13H,4-5,10H2,1-3H3,(H,26,28). The van der Waals surface area contributed by atoms with Crippen LogP contribution in [0.4, 0.5) is 4.39 Å². The maximum Gasteiger partial charge on any atom is 0.259 e. The van der Waals surface area contributed by atoms with Crippen LogP contribution in [0.15, 0.2) is 29.2 Å². The summed E-state index contributed by atoms with van der Waals surface area (Å²) in [5.74, 6) is 0.0946. The minimum atomic E-state index is -0.385. The maximum atomic E-state index is 15.4. The summed E-state index contributed by atoms with van der Waals surface area (Å²) in [7, 11) is 1.55. The Balaban J connectivity index is 1.79. The van der Waals surface area contributed by atoms with Crippen molar-refractivity contribution in [2.45, 2.75) is 26.3 Å². The second-order valence-electron chi connectivity index (χ2n) is 7.64. The zero-order chi connectivity index (χ0) is 21.0. The zero-order valence-electron chi connectivity index (χ0n) is 17.0. The molecule has 1 aliphatic heterocycles. The van der Waals surface area contributed by atoms with Crippen molar-refractivity contribution in [3.05, 3.63) is 51.8 Å². The number of aromatic amines is 1. The Morgan fingerprint density at radius 3 is 2.80 bits per heavy atom. The van der Waals surface area contributed by atoms with Crippen LogP contribution < -0.4 is 10.3 Å². The normalized spacial score (nSPS) is 16.6. The summed E-state index contributed by atoms with van der Waals surface area (Å²) in [6, 6.07) is 4.95. The largest absolute Gasteiger partial charge is 0.481 e. The minimum absolute atomic E-state index is 0.0329. The highest BCUT2D eigenvalue weighted by atomic mass is 19.1. The van der Waals surface area contributed by atoms with Crippen molar-refractivity contribution in [3.63, 3.8) is 0 Å². The molecule has 0 amide bonds. The molecule has 1 fully saturated rings. The molecule has 1 N–H and O–H groups in total. The fourth-order valence-electron chi connectivity index (χ4n) is 4.35. The van der Waals surface area contributed by atoms with Gasteiger partial charge in [-0.15, -0.1) is 0 Å². The van der Waals surface area contributed by atoms with E-state index in [1.54, 1.807) is 30.1 Å². The van der Waals surface area contributed by atoms with Crippen molar-refractivity contribution in [1.29, 1.82) is 0 Å². The van der Waals surface area contributed by atoms with Crippen molar-refractivity contribution in [2.75, 3.05) is 20.3 Å². The highest BCUT2D eigenvalue weighted by molar-refractivity contribution is 6.04. The van der Waals surface area contributed by atoms with Crippen LogP contribution in [0.2, 0.25) is 0 Å². The van der Waals surface area contributed by atoms with Crippen LogP contribution in [0.1, 0.15) is 23.7 Å². The number of pyridine rings is 2. The molecule has 5 rings (SSSR count). The van der Waals surface area contributed by atoms with E-state index in [4.69, 9.17) is 9.47 Å². The van der Waals surface area contributed by atoms with Crippen molar-refractivity contribution < 1.29 is 13.9 Å². The monoisotopic (exact) mass is 408 g/mol. The molecule has 0 saturated carbocycles. The molecule has 0 aliphatic carbocycles. The van der Waals surface area contributed by atoms with Crippen LogP contribution in [0.3, 0.4) is 0 Å². The highest BCUT2D eigenvalue weighted by Gasteiger charge is 2.23. The number of aromatic nitrogens is 4. The number of ether oxygens (including phenoxy) is 2. The molecule has 0 spiro atoms. The summed E-state index contributed by atoms with van der Waals surface area (Å²) in [6.45, 7) is 4.88. The molecule has 3 aromatic heterocycles. The molecule has 1 unspecified atom stereocenters. The number of hydrogen-bond acceptors (Lipinski definition) is 5. The van der Waals surface area contributed by atoms with Crippen molar-refractivity contribution in [3.8, 4) is 17.0 Å². The van der Waals surface area contributed by atoms with Crippen molar-refractivity contribution in [1.82, 2.24) is 19.7 Å². The van der Waals surface area contributed by atoms with Gasteiger partial charge in [-0.2, -0.15) is 5.10 Å². The Bertz CT molecular complexity index is 1330. The molecule has 1 aromatic carbocycles. The quantitative estimate of drug-likeness (QED) is 0.559. The van der Waals surface area contributed by atoms with Crippen LogP contribution in [-0.4, -0.2) is 40.1 Å². The Hall–Kier alpha value is -3.26. The predicted molar refractivity (Wildman–Crippen MR) is 112 cm³/mol. The van der Waals surface area contributed by atoms with Crippen LogP contribution in [0, 0.1) is 19.7 Å². The number of H-pyrrole nitrogens is 1. The Kier molecular flexibility index (Phi) is 4.32. The van der Waals surface area contributed by atoms with Gasteiger partial charge in [0.15, 0.2) is 0 Å². The van der Waals surface area contributed by atoms with E-state index in [-0.39, 0.29) is 17.4 Å². The third-order valence-corrected chi connectivity index (χ3v) is 5.75. The molecule has 8 heteroatoms. The minimum Gasteiger partial charge on any atom is -0.481 e. The molecular formula is C22H21FN4O3. The van der Waals surface area contributed by atoms with E-state index < -0.39 is 0 Å². The van der Waals surface area contributed by atoms with E-state index in [0.717, 1.165) is 12.0 Å². The first-order valence-corrected chi connectivity index (χ1v) is 9.81. The third kappa shape index (κ3) is 2.79. The van der Waals surface area contributed by atoms with E-state index in [0.29, 0.717) is 57.7 Å². The number of halogens is 1. The lowest BCUT2D eigenvalue weighted by Gasteiger charge is -2.15. The van der Waals surface area contributed by atoms with Gasteiger partial charge in [-0.3, -0.25) is 9.48 Å². The molecular weight excluding hydrogens is 387 g/mol. The summed E-state index contributed by atoms with van der Waals surface area (Å²) < 4.78 is 27.9. The first-order valence-electron chi connectivity index (χ1n) is 9.81. The van der Waals surface area contributed by atoms with E-state index in [1.807, 2.05) is 13.8 Å². The number of fused-ring (bicyclic) bond motifs is 3. The molecule has 0 bridgehead atoms. The van der Waals surface area contributed by atoms with E-state index >= 15 is 4.39 Å². The fraction of sp³-hybridized carbons (Fsp3) is 0.318. The van der Waals surface area contributed by atoms with Gasteiger partial charge in [-0.25, -0.2) is 9.37 Å². The van der Waals surface area contributed by atoms with Gasteiger partial charge in [0, 0.05) is 34.9 Å². The van der Waals surface area contributed by atoms with Gasteiger partial charge in [0.05, 0.1) is 42.4 Å². The lowest BCUT2D eigenvalue weighted by atomic mass is 9.97. The number of nitrogens with one attached hydrogen (secondary N) is 1. The van der Waals surface area contributed by atoms with Crippen LogP contribution in [0.5, 0.6) is 5.88 Å². The average molecular weight is 408 g/mol. The number of rotatable bonds is 3. The fourth-order valence-corrected chi connectivity index (χ4v) is 4.35. The first kappa shape index (κ1) is 18.7. The van der Waals surface area contributed by atoms with Gasteiger partial charge in [-0.1, -0.05) is 0 Å². The van der Waals surface area contributed by atoms with Crippen LogP contribution in [0.25, 0.3) is 32.9 Å². The van der Waals surface area contributed by atoms with Gasteiger partial charge in [0.25, 0.3) is 5.56 Å². The highest BCUT2D eigenvalue weighted by Crippen LogP contribution is 2.35. The summed E-state index contributed by atoms with van der Waals surface area (Å²) in [4.78, 5) is 20.0. The van der Waals surface area contributed by atoms with Gasteiger partial charge in [0.1, 0.15) is 5.82 Å². The van der Waals surface area contributed by atoms with E-state index in [2.05, 4.69) is 15.1 Å². The molecule has 1 saturated heterocycles. The lowest BCUT2D eigenvalue weighted by molar-refractivity contribution is 0.185. The van der Waals surface area contributed by atoms with Crippen LogP contribution in [-0.2, 0) is 4.74 Å². The zero-order valence-corrected chi connectivity index (χ0v) is 17.0. The summed E-state index contributed by atoms with van der Waals surface area (Å²) in [6.07, 6.45) is 2.35. The smallest absolute Gasteiger partial charge is 0.259 e. The maximum absolute atomic E-state index is 15.4. The molecule has 4 aromatic rings. The van der Waals surface area contributed by atoms with Gasteiger partial charge in [0.2, 0.25) is 5.88 Å². The summed E-state index contributed by atoms with van der Waals surface area (Å²) >= 11 is 0. The van der Waals surface area contributed by atoms with Crippen LogP contribution >= 0.6 is 0 Å². The average Bonchev–Trinajstić information content (AvgIpc) is 3.38. The van der Waals surface area contributed by atoms with E-state index in [1.165, 1.54) is 6.07 Å². The number of methoxy groups -OCH3 is 1. The second kappa shape index (κ2) is 6.91. The van der Waals surface area contributed by atoms with Crippen molar-refractivity contribution in [2.24, 2.45) is 0 Å². The topological polar surface area (TPSA) is 82.0 Å². The molecule has 1 aliphatic rings. The summed E-state index contributed by atoms with van der Waals surface area (Å²) in [5.41, 5.74) is 3.51. The molecule has 1 atom stereocenters. The number of aryl methyl sites for hydroxylation is 2. The number of benzene rings is 1. The number of nitrogens with zero attached hydrogens (tertiary/aromatic N) is 3. The van der Waals surface area contributed by atoms with Gasteiger partial charge in [-0.05, 0) is 38.0 Å². The number of hydrogen-bond donors (Lipinski definition) is 1.